The lowest BCUT2D eigenvalue weighted by Crippen LogP contribution is -2.41. The van der Waals surface area contributed by atoms with Crippen LogP contribution in [0.3, 0.4) is 0 Å². The van der Waals surface area contributed by atoms with Crippen molar-refractivity contribution >= 4 is 46.7 Å². The second-order valence-corrected chi connectivity index (χ2v) is 14.2. The van der Waals surface area contributed by atoms with Crippen molar-refractivity contribution in [2.45, 2.75) is 77.8 Å². The zero-order valence-corrected chi connectivity index (χ0v) is 27.0. The second-order valence-electron chi connectivity index (χ2n) is 14.2. The first kappa shape index (κ1) is 29.3. The van der Waals surface area contributed by atoms with E-state index in [4.69, 9.17) is 18.6 Å². The fourth-order valence-electron chi connectivity index (χ4n) is 6.45. The molecule has 0 N–H and O–H groups in total. The molecule has 5 aromatic carbocycles. The fraction of sp³-hybridized carbons (Fsp3) is 0.316. The molecule has 0 aliphatic carbocycles. The van der Waals surface area contributed by atoms with E-state index in [1.807, 2.05) is 0 Å². The molecule has 2 aliphatic heterocycles. The van der Waals surface area contributed by atoms with E-state index in [1.54, 1.807) is 0 Å². The molecule has 0 spiro atoms. The Kier molecular flexibility index (Phi) is 6.69. The molecule has 2 heterocycles. The molecule has 0 atom stereocenters. The van der Waals surface area contributed by atoms with Crippen molar-refractivity contribution < 1.29 is 18.6 Å². The molecule has 0 radical (unpaired) electrons. The molecule has 7 rings (SSSR count). The van der Waals surface area contributed by atoms with Crippen molar-refractivity contribution in [2.75, 3.05) is 0 Å². The third kappa shape index (κ3) is 4.54. The van der Waals surface area contributed by atoms with Crippen LogP contribution in [0.1, 0.15) is 55.4 Å². The molecule has 5 aromatic rings. The van der Waals surface area contributed by atoms with Crippen LogP contribution in [-0.2, 0) is 18.6 Å². The van der Waals surface area contributed by atoms with Crippen LogP contribution in [0, 0.1) is 0 Å². The Bertz CT molecular complexity index is 1860. The Labute approximate surface area is 262 Å². The monoisotopic (exact) mass is 582 g/mol. The molecule has 0 bridgehead atoms. The normalized spacial score (nSPS) is 20.1. The zero-order valence-electron chi connectivity index (χ0n) is 27.0. The first-order valence-corrected chi connectivity index (χ1v) is 15.6. The van der Waals surface area contributed by atoms with Gasteiger partial charge in [-0.05, 0) is 116 Å². The van der Waals surface area contributed by atoms with Gasteiger partial charge in [-0.3, -0.25) is 0 Å². The molecule has 44 heavy (non-hydrogen) atoms. The molecular weight excluding hydrogens is 542 g/mol. The van der Waals surface area contributed by atoms with Gasteiger partial charge in [0.25, 0.3) is 0 Å². The van der Waals surface area contributed by atoms with Crippen LogP contribution in [0.2, 0.25) is 0 Å². The minimum atomic E-state index is -0.542. The molecule has 0 unspecified atom stereocenters. The third-order valence-corrected chi connectivity index (χ3v) is 10.4. The van der Waals surface area contributed by atoms with Gasteiger partial charge in [0.15, 0.2) is 0 Å². The Morgan fingerprint density at radius 1 is 0.386 bits per heavy atom. The number of rotatable bonds is 4. The van der Waals surface area contributed by atoms with Crippen LogP contribution < -0.4 is 10.9 Å². The van der Waals surface area contributed by atoms with Gasteiger partial charge in [0.05, 0.1) is 22.4 Å². The number of benzene rings is 5. The topological polar surface area (TPSA) is 36.9 Å². The summed E-state index contributed by atoms with van der Waals surface area (Å²) in [6, 6.07) is 34.5. The van der Waals surface area contributed by atoms with Crippen LogP contribution in [-0.4, -0.2) is 36.6 Å². The van der Waals surface area contributed by atoms with Gasteiger partial charge in [-0.25, -0.2) is 0 Å². The first-order valence-electron chi connectivity index (χ1n) is 15.6. The average Bonchev–Trinajstić information content (AvgIpc) is 3.34. The molecule has 2 saturated heterocycles. The van der Waals surface area contributed by atoms with Crippen molar-refractivity contribution in [1.29, 1.82) is 0 Å². The average molecular weight is 582 g/mol. The Morgan fingerprint density at radius 2 is 0.773 bits per heavy atom. The maximum absolute atomic E-state index is 6.75. The van der Waals surface area contributed by atoms with Crippen molar-refractivity contribution in [1.82, 2.24) is 0 Å². The Balaban J connectivity index is 1.53. The SMILES string of the molecule is CC1(C)OB(c2c3ccccc3c(B3OC(C)(C)C(C)(C)O3)c3cc(-c4ccccc4-c4ccccc4)ccc23)OC1(C)C. The molecule has 0 saturated carbocycles. The molecule has 2 aliphatic rings. The van der Waals surface area contributed by atoms with E-state index in [9.17, 15) is 0 Å². The van der Waals surface area contributed by atoms with Gasteiger partial charge in [0.1, 0.15) is 0 Å². The van der Waals surface area contributed by atoms with E-state index >= 15 is 0 Å². The quantitative estimate of drug-likeness (QED) is 0.159. The van der Waals surface area contributed by atoms with E-state index in [2.05, 4.69) is 152 Å². The van der Waals surface area contributed by atoms with Gasteiger partial charge < -0.3 is 18.6 Å². The lowest BCUT2D eigenvalue weighted by atomic mass is 9.66. The van der Waals surface area contributed by atoms with Gasteiger partial charge in [0.2, 0.25) is 0 Å². The fourth-order valence-corrected chi connectivity index (χ4v) is 6.45. The van der Waals surface area contributed by atoms with E-state index in [1.165, 1.54) is 16.7 Å². The van der Waals surface area contributed by atoms with Crippen LogP contribution in [0.15, 0.2) is 97.1 Å². The Hall–Kier alpha value is -3.41. The number of fused-ring (bicyclic) bond motifs is 2. The van der Waals surface area contributed by atoms with E-state index in [0.29, 0.717) is 0 Å². The summed E-state index contributed by atoms with van der Waals surface area (Å²) in [5, 5.41) is 4.32. The Morgan fingerprint density at radius 3 is 1.27 bits per heavy atom. The van der Waals surface area contributed by atoms with Crippen LogP contribution in [0.25, 0.3) is 43.8 Å². The van der Waals surface area contributed by atoms with Crippen molar-refractivity contribution in [2.24, 2.45) is 0 Å². The number of hydrogen-bond acceptors (Lipinski definition) is 4. The van der Waals surface area contributed by atoms with Crippen molar-refractivity contribution in [3.8, 4) is 22.3 Å². The highest BCUT2D eigenvalue weighted by molar-refractivity contribution is 6.73. The van der Waals surface area contributed by atoms with E-state index < -0.39 is 36.6 Å². The van der Waals surface area contributed by atoms with E-state index in [-0.39, 0.29) is 0 Å². The zero-order chi connectivity index (χ0) is 31.1. The highest BCUT2D eigenvalue weighted by Gasteiger charge is 2.55. The standard InChI is InChI=1S/C38H40B2O4/c1-35(2)36(3,4)42-39(41-35)33-29-20-14-15-21-30(29)34(40-43-37(5,6)38(7,8)44-40)32-24-26(22-23-31(32)33)28-19-13-12-18-27(28)25-16-10-9-11-17-25/h9-24H,1-8H3. The maximum atomic E-state index is 6.75. The summed E-state index contributed by atoms with van der Waals surface area (Å²) in [6.07, 6.45) is 0. The molecule has 4 nitrogen and oxygen atoms in total. The maximum Gasteiger partial charge on any atom is 0.496 e. The lowest BCUT2D eigenvalue weighted by molar-refractivity contribution is 0.00578. The third-order valence-electron chi connectivity index (χ3n) is 10.4. The van der Waals surface area contributed by atoms with Gasteiger partial charge in [0, 0.05) is 0 Å². The molecular formula is C38H40B2O4. The summed E-state index contributed by atoms with van der Waals surface area (Å²) in [7, 11) is -1.07. The van der Waals surface area contributed by atoms with Crippen molar-refractivity contribution in [3.05, 3.63) is 97.1 Å². The van der Waals surface area contributed by atoms with Crippen molar-refractivity contribution in [3.63, 3.8) is 0 Å². The number of hydrogen-bond donors (Lipinski definition) is 0. The van der Waals surface area contributed by atoms with Gasteiger partial charge >= 0.3 is 14.2 Å². The van der Waals surface area contributed by atoms with Crippen LogP contribution in [0.4, 0.5) is 0 Å². The molecule has 0 amide bonds. The summed E-state index contributed by atoms with van der Waals surface area (Å²) in [6.45, 7) is 16.9. The predicted octanol–water partition coefficient (Wildman–Crippen LogP) is 7.93. The summed E-state index contributed by atoms with van der Waals surface area (Å²) in [5.74, 6) is 0. The summed E-state index contributed by atoms with van der Waals surface area (Å²) in [5.41, 5.74) is 4.86. The van der Waals surface area contributed by atoms with Gasteiger partial charge in [-0.15, -0.1) is 0 Å². The minimum Gasteiger partial charge on any atom is -0.399 e. The molecule has 6 heteroatoms. The summed E-state index contributed by atoms with van der Waals surface area (Å²) in [4.78, 5) is 0. The van der Waals surface area contributed by atoms with Crippen LogP contribution in [0.5, 0.6) is 0 Å². The minimum absolute atomic E-state index is 0.468. The van der Waals surface area contributed by atoms with E-state index in [0.717, 1.165) is 38.0 Å². The van der Waals surface area contributed by atoms with Crippen LogP contribution >= 0.6 is 0 Å². The molecule has 2 fully saturated rings. The second kappa shape index (κ2) is 10.1. The summed E-state index contributed by atoms with van der Waals surface area (Å²) >= 11 is 0. The van der Waals surface area contributed by atoms with Gasteiger partial charge in [-0.1, -0.05) is 91.0 Å². The predicted molar refractivity (Wildman–Crippen MR) is 184 cm³/mol. The largest absolute Gasteiger partial charge is 0.496 e. The summed E-state index contributed by atoms with van der Waals surface area (Å²) < 4.78 is 26.9. The van der Waals surface area contributed by atoms with Gasteiger partial charge in [-0.2, -0.15) is 0 Å². The highest BCUT2D eigenvalue weighted by atomic mass is 16.7. The molecule has 222 valence electrons. The molecule has 0 aromatic heterocycles. The lowest BCUT2D eigenvalue weighted by Gasteiger charge is -2.32. The highest BCUT2D eigenvalue weighted by Crippen LogP contribution is 2.41. The smallest absolute Gasteiger partial charge is 0.399 e. The first-order chi connectivity index (χ1) is 20.8.